The summed E-state index contributed by atoms with van der Waals surface area (Å²) in [7, 11) is 0. The van der Waals surface area contributed by atoms with Crippen molar-refractivity contribution in [1.82, 2.24) is 10.6 Å². The first kappa shape index (κ1) is 24.9. The van der Waals surface area contributed by atoms with Gasteiger partial charge in [-0.05, 0) is 60.5 Å². The van der Waals surface area contributed by atoms with Gasteiger partial charge < -0.3 is 15.4 Å². The number of hydrogen-bond donors (Lipinski definition) is 3. The van der Waals surface area contributed by atoms with Crippen LogP contribution in [0.5, 0.6) is 5.75 Å². The van der Waals surface area contributed by atoms with Crippen molar-refractivity contribution in [1.29, 1.82) is 0 Å². The third kappa shape index (κ3) is 7.71. The van der Waals surface area contributed by atoms with Gasteiger partial charge in [0, 0.05) is 17.8 Å². The van der Waals surface area contributed by atoms with Crippen LogP contribution in [0, 0.1) is 5.92 Å². The molecule has 3 aromatic rings. The highest BCUT2D eigenvalue weighted by Crippen LogP contribution is 2.19. The van der Waals surface area contributed by atoms with Gasteiger partial charge in [-0.15, -0.1) is 0 Å². The smallest absolute Gasteiger partial charge is 0.261 e. The minimum Gasteiger partial charge on any atom is -0.493 e. The highest BCUT2D eigenvalue weighted by molar-refractivity contribution is 7.80. The predicted molar refractivity (Wildman–Crippen MR) is 139 cm³/mol. The Morgan fingerprint density at radius 2 is 1.65 bits per heavy atom. The average molecular weight is 476 g/mol. The Hall–Kier alpha value is -3.71. The van der Waals surface area contributed by atoms with E-state index in [1.54, 1.807) is 42.5 Å². The molecule has 0 bridgehead atoms. The zero-order valence-electron chi connectivity index (χ0n) is 19.3. The van der Waals surface area contributed by atoms with Crippen molar-refractivity contribution >= 4 is 34.8 Å². The minimum atomic E-state index is -0.366. The summed E-state index contributed by atoms with van der Waals surface area (Å²) in [6.07, 6.45) is 0.894. The van der Waals surface area contributed by atoms with Crippen LogP contribution in [0.3, 0.4) is 0 Å². The Bertz CT molecular complexity index is 1130. The third-order valence-electron chi connectivity index (χ3n) is 4.99. The van der Waals surface area contributed by atoms with E-state index < -0.39 is 0 Å². The number of para-hydroxylation sites is 1. The van der Waals surface area contributed by atoms with Crippen molar-refractivity contribution in [3.8, 4) is 5.75 Å². The summed E-state index contributed by atoms with van der Waals surface area (Å²) in [4.78, 5) is 25.3. The predicted octanol–water partition coefficient (Wildman–Crippen LogP) is 5.17. The quantitative estimate of drug-likeness (QED) is 0.372. The van der Waals surface area contributed by atoms with Gasteiger partial charge in [0.2, 0.25) is 0 Å². The molecule has 176 valence electrons. The Kier molecular flexibility index (Phi) is 9.17. The lowest BCUT2D eigenvalue weighted by Gasteiger charge is -2.14. The monoisotopic (exact) mass is 475 g/mol. The van der Waals surface area contributed by atoms with Gasteiger partial charge in [0.15, 0.2) is 5.11 Å². The van der Waals surface area contributed by atoms with Crippen LogP contribution in [-0.2, 0) is 6.54 Å². The zero-order valence-corrected chi connectivity index (χ0v) is 20.2. The van der Waals surface area contributed by atoms with Crippen LogP contribution in [0.1, 0.15) is 46.5 Å². The molecule has 0 saturated heterocycles. The molecule has 34 heavy (non-hydrogen) atoms. The molecule has 7 heteroatoms. The number of benzene rings is 3. The number of hydrogen-bond acceptors (Lipinski definition) is 4. The van der Waals surface area contributed by atoms with Gasteiger partial charge in [-0.25, -0.2) is 0 Å². The van der Waals surface area contributed by atoms with Gasteiger partial charge in [-0.2, -0.15) is 0 Å². The van der Waals surface area contributed by atoms with E-state index >= 15 is 0 Å². The normalized spacial score (nSPS) is 10.4. The molecular formula is C27H29N3O3S. The topological polar surface area (TPSA) is 79.5 Å². The summed E-state index contributed by atoms with van der Waals surface area (Å²) in [5.41, 5.74) is 2.50. The maximum atomic E-state index is 12.8. The third-order valence-corrected chi connectivity index (χ3v) is 5.19. The molecule has 2 amide bonds. The van der Waals surface area contributed by atoms with Crippen molar-refractivity contribution in [2.45, 2.75) is 26.8 Å². The van der Waals surface area contributed by atoms with E-state index in [2.05, 4.69) is 29.8 Å². The van der Waals surface area contributed by atoms with Crippen molar-refractivity contribution in [3.63, 3.8) is 0 Å². The van der Waals surface area contributed by atoms with Crippen LogP contribution in [0.15, 0.2) is 78.9 Å². The van der Waals surface area contributed by atoms with E-state index in [0.29, 0.717) is 41.6 Å². The number of carbonyl (C=O) groups excluding carboxylic acids is 2. The van der Waals surface area contributed by atoms with Crippen LogP contribution in [0.25, 0.3) is 0 Å². The Morgan fingerprint density at radius 3 is 2.41 bits per heavy atom. The van der Waals surface area contributed by atoms with Gasteiger partial charge in [0.05, 0.1) is 12.2 Å². The van der Waals surface area contributed by atoms with Gasteiger partial charge in [-0.1, -0.05) is 62.4 Å². The molecule has 6 nitrogen and oxygen atoms in total. The summed E-state index contributed by atoms with van der Waals surface area (Å²) in [5.74, 6) is 0.457. The SMILES string of the molecule is CC(C)CCOc1ccccc1C(=O)NC(=S)Nc1cccc(C(=O)NCc2ccccc2)c1. The fourth-order valence-electron chi connectivity index (χ4n) is 3.14. The van der Waals surface area contributed by atoms with Gasteiger partial charge in [0.25, 0.3) is 11.8 Å². The molecule has 0 spiro atoms. The molecule has 0 heterocycles. The molecule has 3 rings (SSSR count). The molecule has 0 aliphatic rings. The zero-order chi connectivity index (χ0) is 24.3. The number of ether oxygens (including phenoxy) is 1. The van der Waals surface area contributed by atoms with Crippen molar-refractivity contribution in [2.75, 3.05) is 11.9 Å². The lowest BCUT2D eigenvalue weighted by molar-refractivity contribution is 0.0948. The van der Waals surface area contributed by atoms with Gasteiger partial charge >= 0.3 is 0 Å². The van der Waals surface area contributed by atoms with Crippen LogP contribution < -0.4 is 20.7 Å². The molecule has 0 saturated carbocycles. The summed E-state index contributed by atoms with van der Waals surface area (Å²) >= 11 is 5.32. The molecular weight excluding hydrogens is 446 g/mol. The first-order valence-electron chi connectivity index (χ1n) is 11.2. The molecule has 0 aromatic heterocycles. The highest BCUT2D eigenvalue weighted by Gasteiger charge is 2.14. The van der Waals surface area contributed by atoms with Crippen LogP contribution in [0.2, 0.25) is 0 Å². The molecule has 0 aliphatic carbocycles. The Morgan fingerprint density at radius 1 is 0.912 bits per heavy atom. The molecule has 0 fully saturated rings. The van der Waals surface area contributed by atoms with Crippen LogP contribution in [0.4, 0.5) is 5.69 Å². The molecule has 0 unspecified atom stereocenters. The molecule has 0 atom stereocenters. The van der Waals surface area contributed by atoms with Gasteiger partial charge in [-0.3, -0.25) is 14.9 Å². The number of carbonyl (C=O) groups is 2. The Labute approximate surface area is 205 Å². The standard InChI is InChI=1S/C27H29N3O3S/c1-19(2)15-16-33-24-14-7-6-13-23(24)26(32)30-27(34)29-22-12-8-11-21(17-22)25(31)28-18-20-9-4-3-5-10-20/h3-14,17,19H,15-16,18H2,1-2H3,(H,28,31)(H2,29,30,32,34). The number of amides is 2. The van der Waals surface area contributed by atoms with Crippen LogP contribution in [-0.4, -0.2) is 23.5 Å². The van der Waals surface area contributed by atoms with Crippen molar-refractivity contribution in [3.05, 3.63) is 95.6 Å². The molecule has 3 N–H and O–H groups in total. The fraction of sp³-hybridized carbons (Fsp3) is 0.222. The van der Waals surface area contributed by atoms with E-state index in [1.165, 1.54) is 0 Å². The fourth-order valence-corrected chi connectivity index (χ4v) is 3.35. The minimum absolute atomic E-state index is 0.129. The van der Waals surface area contributed by atoms with Gasteiger partial charge in [0.1, 0.15) is 5.75 Å². The van der Waals surface area contributed by atoms with E-state index in [4.69, 9.17) is 17.0 Å². The van der Waals surface area contributed by atoms with Crippen molar-refractivity contribution in [2.24, 2.45) is 5.92 Å². The second-order valence-corrected chi connectivity index (χ2v) is 8.59. The summed E-state index contributed by atoms with van der Waals surface area (Å²) in [6.45, 7) is 5.20. The number of nitrogens with one attached hydrogen (secondary N) is 3. The van der Waals surface area contributed by atoms with Crippen LogP contribution >= 0.6 is 12.2 Å². The lowest BCUT2D eigenvalue weighted by Crippen LogP contribution is -2.34. The average Bonchev–Trinajstić information content (AvgIpc) is 2.83. The van der Waals surface area contributed by atoms with Crippen molar-refractivity contribution < 1.29 is 14.3 Å². The lowest BCUT2D eigenvalue weighted by atomic mass is 10.1. The second-order valence-electron chi connectivity index (χ2n) is 8.18. The second kappa shape index (κ2) is 12.5. The largest absolute Gasteiger partial charge is 0.493 e. The summed E-state index contributed by atoms with van der Waals surface area (Å²) in [6, 6.07) is 23.7. The maximum absolute atomic E-state index is 12.8. The first-order chi connectivity index (χ1) is 16.4. The number of anilines is 1. The number of rotatable bonds is 9. The van der Waals surface area contributed by atoms with E-state index in [-0.39, 0.29) is 16.9 Å². The first-order valence-corrected chi connectivity index (χ1v) is 11.6. The Balaban J connectivity index is 1.57. The number of thiocarbonyl (C=S) groups is 1. The van der Waals surface area contributed by atoms with E-state index in [1.807, 2.05) is 36.4 Å². The van der Waals surface area contributed by atoms with E-state index in [0.717, 1.165) is 12.0 Å². The highest BCUT2D eigenvalue weighted by atomic mass is 32.1. The molecule has 0 aliphatic heterocycles. The molecule has 0 radical (unpaired) electrons. The molecule has 3 aromatic carbocycles. The summed E-state index contributed by atoms with van der Waals surface area (Å²) in [5, 5.41) is 8.67. The summed E-state index contributed by atoms with van der Waals surface area (Å²) < 4.78 is 5.80. The van der Waals surface area contributed by atoms with E-state index in [9.17, 15) is 9.59 Å². The maximum Gasteiger partial charge on any atom is 0.261 e.